The molecule has 0 radical (unpaired) electrons. The molecule has 0 amide bonds. The van der Waals surface area contributed by atoms with E-state index in [1.807, 2.05) is 11.3 Å². The van der Waals surface area contributed by atoms with Crippen LogP contribution < -0.4 is 5.73 Å². The van der Waals surface area contributed by atoms with Gasteiger partial charge in [0.25, 0.3) is 0 Å². The maximum absolute atomic E-state index is 6.05. The zero-order valence-corrected chi connectivity index (χ0v) is 15.0. The Morgan fingerprint density at radius 3 is 2.42 bits per heavy atom. The van der Waals surface area contributed by atoms with E-state index in [0.29, 0.717) is 18.6 Å². The van der Waals surface area contributed by atoms with E-state index in [1.165, 1.54) is 14.2 Å². The summed E-state index contributed by atoms with van der Waals surface area (Å²) in [6, 6.07) is 3.03. The fourth-order valence-corrected chi connectivity index (χ4v) is 4.23. The molecular weight excluding hydrogens is 322 g/mol. The lowest BCUT2D eigenvalue weighted by molar-refractivity contribution is 0.133. The van der Waals surface area contributed by atoms with Crippen LogP contribution in [0.2, 0.25) is 0 Å². The maximum Gasteiger partial charge on any atom is 0.0567 e. The van der Waals surface area contributed by atoms with Crippen molar-refractivity contribution < 1.29 is 0 Å². The van der Waals surface area contributed by atoms with Crippen molar-refractivity contribution in [3.05, 3.63) is 20.3 Å². The average Bonchev–Trinajstić information content (AvgIpc) is 2.64. The first-order valence-corrected chi connectivity index (χ1v) is 8.38. The zero-order chi connectivity index (χ0) is 14.6. The summed E-state index contributed by atoms with van der Waals surface area (Å²) in [6.07, 6.45) is 0. The van der Waals surface area contributed by atoms with Gasteiger partial charge in [0.05, 0.1) is 6.04 Å². The van der Waals surface area contributed by atoms with Crippen LogP contribution in [0.3, 0.4) is 0 Å². The van der Waals surface area contributed by atoms with E-state index in [-0.39, 0.29) is 0 Å². The molecule has 1 aromatic heterocycles. The van der Waals surface area contributed by atoms with E-state index in [4.69, 9.17) is 5.73 Å². The Kier molecular flexibility index (Phi) is 6.97. The molecule has 0 bridgehead atoms. The summed E-state index contributed by atoms with van der Waals surface area (Å²) in [7, 11) is 4.24. The number of nitrogens with two attached hydrogens (primary N) is 1. The lowest BCUT2D eigenvalue weighted by Gasteiger charge is -2.35. The quantitative estimate of drug-likeness (QED) is 0.822. The van der Waals surface area contributed by atoms with Crippen molar-refractivity contribution in [1.29, 1.82) is 0 Å². The van der Waals surface area contributed by atoms with Crippen LogP contribution in [-0.2, 0) is 0 Å². The average molecular weight is 348 g/mol. The van der Waals surface area contributed by atoms with Crippen molar-refractivity contribution in [1.82, 2.24) is 9.80 Å². The Bertz CT molecular complexity index is 373. The monoisotopic (exact) mass is 347 g/mol. The molecule has 0 saturated heterocycles. The van der Waals surface area contributed by atoms with Crippen molar-refractivity contribution in [3.63, 3.8) is 0 Å². The molecule has 0 aliphatic rings. The van der Waals surface area contributed by atoms with E-state index in [1.54, 1.807) is 0 Å². The van der Waals surface area contributed by atoms with E-state index in [2.05, 4.69) is 66.7 Å². The normalized spacial score (nSPS) is 15.2. The predicted octanol–water partition coefficient (Wildman–Crippen LogP) is 3.09. The summed E-state index contributed by atoms with van der Waals surface area (Å²) in [5, 5.41) is 0. The van der Waals surface area contributed by atoms with Gasteiger partial charge in [-0.2, -0.15) is 0 Å². The summed E-state index contributed by atoms with van der Waals surface area (Å²) in [6.45, 7) is 9.37. The molecule has 1 rings (SSSR count). The van der Waals surface area contributed by atoms with Crippen LogP contribution in [0.15, 0.2) is 10.5 Å². The van der Waals surface area contributed by atoms with E-state index >= 15 is 0 Å². The Labute approximate surface area is 129 Å². The molecule has 2 N–H and O–H groups in total. The van der Waals surface area contributed by atoms with Crippen molar-refractivity contribution in [2.75, 3.05) is 33.7 Å². The van der Waals surface area contributed by atoms with E-state index in [0.717, 1.165) is 13.1 Å². The third-order valence-corrected chi connectivity index (χ3v) is 5.63. The van der Waals surface area contributed by atoms with Gasteiger partial charge in [-0.15, -0.1) is 11.3 Å². The third kappa shape index (κ3) is 4.53. The van der Waals surface area contributed by atoms with Gasteiger partial charge in [-0.05, 0) is 56.5 Å². The number of halogens is 1. The van der Waals surface area contributed by atoms with Crippen molar-refractivity contribution >= 4 is 27.3 Å². The summed E-state index contributed by atoms with van der Waals surface area (Å²) < 4.78 is 1.20. The molecule has 3 nitrogen and oxygen atoms in total. The number of aryl methyl sites for hydroxylation is 1. The SMILES string of the molecule is CCN(C(C)CN(C)C)C(CN)c1cc(Br)c(C)s1. The summed E-state index contributed by atoms with van der Waals surface area (Å²) in [4.78, 5) is 7.41. The second-order valence-electron chi connectivity index (χ2n) is 5.25. The van der Waals surface area contributed by atoms with Gasteiger partial charge in [0.2, 0.25) is 0 Å². The Balaban J connectivity index is 2.92. The minimum absolute atomic E-state index is 0.315. The lowest BCUT2D eigenvalue weighted by atomic mass is 10.1. The molecule has 19 heavy (non-hydrogen) atoms. The van der Waals surface area contributed by atoms with Crippen LogP contribution >= 0.6 is 27.3 Å². The van der Waals surface area contributed by atoms with Gasteiger partial charge in [-0.25, -0.2) is 0 Å². The highest BCUT2D eigenvalue weighted by atomic mass is 79.9. The molecule has 1 aromatic rings. The summed E-state index contributed by atoms with van der Waals surface area (Å²) in [5.74, 6) is 0. The Morgan fingerprint density at radius 2 is 2.05 bits per heavy atom. The topological polar surface area (TPSA) is 32.5 Å². The molecule has 5 heteroatoms. The molecule has 110 valence electrons. The molecule has 0 aliphatic heterocycles. The lowest BCUT2D eigenvalue weighted by Crippen LogP contribution is -2.44. The standard InChI is InChI=1S/C14H26BrN3S/c1-6-18(10(2)9-17(4)5)13(8-16)14-7-12(15)11(3)19-14/h7,10,13H,6,8-9,16H2,1-5H3. The first-order chi connectivity index (χ1) is 8.90. The minimum Gasteiger partial charge on any atom is -0.329 e. The molecule has 0 fully saturated rings. The van der Waals surface area contributed by atoms with Crippen LogP contribution in [0, 0.1) is 6.92 Å². The van der Waals surface area contributed by atoms with Gasteiger partial charge in [0, 0.05) is 33.4 Å². The molecule has 1 heterocycles. The van der Waals surface area contributed by atoms with Crippen molar-refractivity contribution in [2.24, 2.45) is 5.73 Å². The fourth-order valence-electron chi connectivity index (χ4n) is 2.53. The van der Waals surface area contributed by atoms with Crippen LogP contribution in [0.4, 0.5) is 0 Å². The van der Waals surface area contributed by atoms with Gasteiger partial charge in [0.1, 0.15) is 0 Å². The Morgan fingerprint density at radius 1 is 1.42 bits per heavy atom. The van der Waals surface area contributed by atoms with Crippen molar-refractivity contribution in [2.45, 2.75) is 32.9 Å². The third-order valence-electron chi connectivity index (χ3n) is 3.39. The van der Waals surface area contributed by atoms with Crippen molar-refractivity contribution in [3.8, 4) is 0 Å². The van der Waals surface area contributed by atoms with Crippen LogP contribution in [-0.4, -0.2) is 49.6 Å². The summed E-state index contributed by atoms with van der Waals surface area (Å²) in [5.41, 5.74) is 6.05. The first-order valence-electron chi connectivity index (χ1n) is 6.77. The van der Waals surface area contributed by atoms with Gasteiger partial charge >= 0.3 is 0 Å². The number of nitrogens with zero attached hydrogens (tertiary/aromatic N) is 2. The molecular formula is C14H26BrN3S. The second-order valence-corrected chi connectivity index (χ2v) is 7.39. The van der Waals surface area contributed by atoms with Crippen LogP contribution in [0.25, 0.3) is 0 Å². The number of hydrogen-bond acceptors (Lipinski definition) is 4. The molecule has 0 saturated carbocycles. The molecule has 0 spiro atoms. The van der Waals surface area contributed by atoms with Gasteiger partial charge in [-0.1, -0.05) is 6.92 Å². The molecule has 2 atom stereocenters. The highest BCUT2D eigenvalue weighted by Crippen LogP contribution is 2.33. The maximum atomic E-state index is 6.05. The highest BCUT2D eigenvalue weighted by Gasteiger charge is 2.24. The zero-order valence-electron chi connectivity index (χ0n) is 12.6. The largest absolute Gasteiger partial charge is 0.329 e. The first kappa shape index (κ1) is 17.1. The van der Waals surface area contributed by atoms with E-state index in [9.17, 15) is 0 Å². The van der Waals surface area contributed by atoms with Crippen LogP contribution in [0.5, 0.6) is 0 Å². The second kappa shape index (κ2) is 7.74. The summed E-state index contributed by atoms with van der Waals surface area (Å²) >= 11 is 5.45. The highest BCUT2D eigenvalue weighted by molar-refractivity contribution is 9.10. The number of likely N-dealkylation sites (N-methyl/N-ethyl adjacent to an activating group) is 2. The smallest absolute Gasteiger partial charge is 0.0567 e. The predicted molar refractivity (Wildman–Crippen MR) is 88.9 cm³/mol. The molecule has 0 aliphatic carbocycles. The minimum atomic E-state index is 0.315. The molecule has 2 unspecified atom stereocenters. The number of rotatable bonds is 7. The number of hydrogen-bond donors (Lipinski definition) is 1. The van der Waals surface area contributed by atoms with Gasteiger partial charge in [-0.3, -0.25) is 4.90 Å². The van der Waals surface area contributed by atoms with Crippen LogP contribution in [0.1, 0.15) is 29.6 Å². The van der Waals surface area contributed by atoms with E-state index < -0.39 is 0 Å². The van der Waals surface area contributed by atoms with Gasteiger partial charge < -0.3 is 10.6 Å². The molecule has 0 aromatic carbocycles. The number of thiophene rings is 1. The van der Waals surface area contributed by atoms with Gasteiger partial charge in [0.15, 0.2) is 0 Å². The Hall–Kier alpha value is 0.0600. The fraction of sp³-hybridized carbons (Fsp3) is 0.714.